The number of rotatable bonds is 6. The third-order valence-corrected chi connectivity index (χ3v) is 5.65. The minimum atomic E-state index is -3.33. The van der Waals surface area contributed by atoms with Gasteiger partial charge in [0.1, 0.15) is 0 Å². The van der Waals surface area contributed by atoms with Crippen molar-refractivity contribution in [3.05, 3.63) is 53.5 Å². The van der Waals surface area contributed by atoms with Crippen LogP contribution in [-0.2, 0) is 23.0 Å². The van der Waals surface area contributed by atoms with Gasteiger partial charge >= 0.3 is 0 Å². The van der Waals surface area contributed by atoms with E-state index in [4.69, 9.17) is 4.42 Å². The first-order valence-electron chi connectivity index (χ1n) is 8.43. The number of fused-ring (bicyclic) bond motifs is 1. The summed E-state index contributed by atoms with van der Waals surface area (Å²) in [5.74, 6) is 0.286. The molecule has 3 rings (SSSR count). The summed E-state index contributed by atoms with van der Waals surface area (Å²) in [4.78, 5) is 14.1. The van der Waals surface area contributed by atoms with Crippen LogP contribution in [0.5, 0.6) is 0 Å². The van der Waals surface area contributed by atoms with Crippen molar-refractivity contribution in [1.29, 1.82) is 0 Å². The van der Waals surface area contributed by atoms with Crippen LogP contribution < -0.4 is 4.72 Å². The van der Waals surface area contributed by atoms with Crippen LogP contribution in [0.25, 0.3) is 0 Å². The molecule has 25 heavy (non-hydrogen) atoms. The predicted molar refractivity (Wildman–Crippen MR) is 95.9 cm³/mol. The molecule has 2 aromatic rings. The largest absolute Gasteiger partial charge is 0.459 e. The third kappa shape index (κ3) is 4.22. The maximum absolute atomic E-state index is 12.4. The molecule has 6 nitrogen and oxygen atoms in total. The Morgan fingerprint density at radius 2 is 2.12 bits per heavy atom. The van der Waals surface area contributed by atoms with Gasteiger partial charge in [-0.15, -0.1) is 0 Å². The molecule has 1 aliphatic heterocycles. The van der Waals surface area contributed by atoms with E-state index in [1.165, 1.54) is 6.26 Å². The van der Waals surface area contributed by atoms with Crippen molar-refractivity contribution in [3.8, 4) is 0 Å². The Labute approximate surface area is 147 Å². The van der Waals surface area contributed by atoms with Crippen molar-refractivity contribution in [2.75, 3.05) is 17.0 Å². The smallest absolute Gasteiger partial charge is 0.289 e. The molecule has 0 fully saturated rings. The minimum absolute atomic E-state index is 0.115. The lowest BCUT2D eigenvalue weighted by atomic mass is 9.99. The highest BCUT2D eigenvalue weighted by molar-refractivity contribution is 7.92. The molecule has 7 heteroatoms. The highest BCUT2D eigenvalue weighted by Crippen LogP contribution is 2.24. The number of hydrogen-bond donors (Lipinski definition) is 1. The normalized spacial score (nSPS) is 14.2. The van der Waals surface area contributed by atoms with E-state index in [2.05, 4.69) is 4.72 Å². The molecule has 1 aliphatic rings. The van der Waals surface area contributed by atoms with Gasteiger partial charge in [-0.1, -0.05) is 19.4 Å². The van der Waals surface area contributed by atoms with Gasteiger partial charge in [0.2, 0.25) is 10.0 Å². The molecule has 0 unspecified atom stereocenters. The number of nitrogens with one attached hydrogen (secondary N) is 1. The summed E-state index contributed by atoms with van der Waals surface area (Å²) in [6, 6.07) is 8.87. The molecule has 1 aromatic heterocycles. The Morgan fingerprint density at radius 1 is 1.28 bits per heavy atom. The van der Waals surface area contributed by atoms with Gasteiger partial charge in [0.15, 0.2) is 5.76 Å². The van der Waals surface area contributed by atoms with Crippen molar-refractivity contribution in [1.82, 2.24) is 4.90 Å². The summed E-state index contributed by atoms with van der Waals surface area (Å²) in [7, 11) is -3.33. The molecular formula is C18H22N2O4S. The van der Waals surface area contributed by atoms with E-state index in [1.807, 2.05) is 19.1 Å². The van der Waals surface area contributed by atoms with E-state index in [0.29, 0.717) is 31.0 Å². The first-order chi connectivity index (χ1) is 12.0. The monoisotopic (exact) mass is 362 g/mol. The fourth-order valence-electron chi connectivity index (χ4n) is 2.91. The number of sulfonamides is 1. The first-order valence-corrected chi connectivity index (χ1v) is 10.1. The average Bonchev–Trinajstić information content (AvgIpc) is 3.13. The Hall–Kier alpha value is -2.28. The van der Waals surface area contributed by atoms with Gasteiger partial charge in [-0.05, 0) is 48.2 Å². The number of hydrogen-bond acceptors (Lipinski definition) is 4. The van der Waals surface area contributed by atoms with Gasteiger partial charge in [0, 0.05) is 18.8 Å². The zero-order valence-electron chi connectivity index (χ0n) is 14.2. The number of nitrogens with zero attached hydrogens (tertiary/aromatic N) is 1. The summed E-state index contributed by atoms with van der Waals surface area (Å²) < 4.78 is 31.9. The second-order valence-electron chi connectivity index (χ2n) is 6.21. The van der Waals surface area contributed by atoms with E-state index >= 15 is 0 Å². The maximum Gasteiger partial charge on any atom is 0.289 e. The molecule has 0 radical (unpaired) electrons. The lowest BCUT2D eigenvalue weighted by molar-refractivity contribution is 0.0702. The molecule has 0 saturated heterocycles. The van der Waals surface area contributed by atoms with E-state index in [9.17, 15) is 13.2 Å². The molecule has 2 heterocycles. The van der Waals surface area contributed by atoms with Crippen LogP contribution in [0.3, 0.4) is 0 Å². The van der Waals surface area contributed by atoms with Crippen LogP contribution >= 0.6 is 0 Å². The van der Waals surface area contributed by atoms with E-state index in [1.54, 1.807) is 23.1 Å². The molecule has 1 N–H and O–H groups in total. The van der Waals surface area contributed by atoms with Crippen molar-refractivity contribution < 1.29 is 17.6 Å². The zero-order chi connectivity index (χ0) is 17.9. The number of carbonyl (C=O) groups excluding carboxylic acids is 1. The summed E-state index contributed by atoms with van der Waals surface area (Å²) >= 11 is 0. The van der Waals surface area contributed by atoms with Gasteiger partial charge < -0.3 is 9.32 Å². The van der Waals surface area contributed by atoms with Gasteiger partial charge in [0.05, 0.1) is 12.0 Å². The molecule has 0 spiro atoms. The zero-order valence-corrected chi connectivity index (χ0v) is 15.0. The molecule has 0 bridgehead atoms. The van der Waals surface area contributed by atoms with Crippen molar-refractivity contribution in [3.63, 3.8) is 0 Å². The Balaban J connectivity index is 1.74. The fourth-order valence-corrected chi connectivity index (χ4v) is 4.17. The van der Waals surface area contributed by atoms with Gasteiger partial charge in [-0.2, -0.15) is 0 Å². The van der Waals surface area contributed by atoms with Crippen LogP contribution in [0, 0.1) is 0 Å². The average molecular weight is 362 g/mol. The van der Waals surface area contributed by atoms with E-state index < -0.39 is 10.0 Å². The number of amides is 1. The number of unbranched alkanes of at least 4 members (excludes halogenated alkanes) is 1. The van der Waals surface area contributed by atoms with Crippen molar-refractivity contribution in [2.45, 2.75) is 32.7 Å². The lowest BCUT2D eigenvalue weighted by Gasteiger charge is -2.28. The Kier molecular flexibility index (Phi) is 5.13. The van der Waals surface area contributed by atoms with E-state index in [-0.39, 0.29) is 11.7 Å². The van der Waals surface area contributed by atoms with Crippen LogP contribution in [-0.4, -0.2) is 31.5 Å². The standard InChI is InChI=1S/C18H22N2O4S/c1-2-3-11-25(22,23)19-16-7-6-14-8-9-20(13-15(14)12-16)18(21)17-5-4-10-24-17/h4-7,10,12,19H,2-3,8-9,11,13H2,1H3. The third-order valence-electron chi connectivity index (χ3n) is 4.28. The van der Waals surface area contributed by atoms with Crippen LogP contribution in [0.4, 0.5) is 5.69 Å². The second kappa shape index (κ2) is 7.31. The quantitative estimate of drug-likeness (QED) is 0.857. The highest BCUT2D eigenvalue weighted by Gasteiger charge is 2.24. The van der Waals surface area contributed by atoms with Gasteiger partial charge in [-0.3, -0.25) is 9.52 Å². The van der Waals surface area contributed by atoms with Crippen LogP contribution in [0.15, 0.2) is 41.0 Å². The molecule has 0 atom stereocenters. The second-order valence-corrected chi connectivity index (χ2v) is 8.05. The summed E-state index contributed by atoms with van der Waals surface area (Å²) in [6.07, 6.45) is 3.68. The number of furan rings is 1. The molecule has 134 valence electrons. The summed E-state index contributed by atoms with van der Waals surface area (Å²) in [6.45, 7) is 3.02. The molecular weight excluding hydrogens is 340 g/mol. The minimum Gasteiger partial charge on any atom is -0.459 e. The Morgan fingerprint density at radius 3 is 2.84 bits per heavy atom. The highest BCUT2D eigenvalue weighted by atomic mass is 32.2. The number of benzene rings is 1. The van der Waals surface area contributed by atoms with Crippen LogP contribution in [0.1, 0.15) is 41.4 Å². The molecule has 0 saturated carbocycles. The van der Waals surface area contributed by atoms with Gasteiger partial charge in [-0.25, -0.2) is 8.42 Å². The molecule has 0 aliphatic carbocycles. The first kappa shape index (κ1) is 17.5. The van der Waals surface area contributed by atoms with Crippen molar-refractivity contribution >= 4 is 21.6 Å². The molecule has 1 aromatic carbocycles. The summed E-state index contributed by atoms with van der Waals surface area (Å²) in [5.41, 5.74) is 2.64. The SMILES string of the molecule is CCCCS(=O)(=O)Nc1ccc2c(c1)CN(C(=O)c1ccco1)CC2. The lowest BCUT2D eigenvalue weighted by Crippen LogP contribution is -2.35. The number of anilines is 1. The Bertz CT molecular complexity index is 844. The van der Waals surface area contributed by atoms with Gasteiger partial charge in [0.25, 0.3) is 5.91 Å². The van der Waals surface area contributed by atoms with Crippen molar-refractivity contribution in [2.24, 2.45) is 0 Å². The maximum atomic E-state index is 12.4. The predicted octanol–water partition coefficient (Wildman–Crippen LogP) is 3.02. The topological polar surface area (TPSA) is 79.6 Å². The van der Waals surface area contributed by atoms with E-state index in [0.717, 1.165) is 24.0 Å². The number of carbonyl (C=O) groups is 1. The summed E-state index contributed by atoms with van der Waals surface area (Å²) in [5, 5.41) is 0. The molecule has 1 amide bonds. The fraction of sp³-hybridized carbons (Fsp3) is 0.389. The van der Waals surface area contributed by atoms with Crippen LogP contribution in [0.2, 0.25) is 0 Å².